The van der Waals surface area contributed by atoms with Gasteiger partial charge < -0.3 is 20.2 Å². The number of ether oxygens (including phenoxy) is 2. The summed E-state index contributed by atoms with van der Waals surface area (Å²) in [5.74, 6) is 1.23. The summed E-state index contributed by atoms with van der Waals surface area (Å²) in [6.07, 6.45) is 0. The molecule has 0 radical (unpaired) electrons. The molecule has 4 aromatic rings. The highest BCUT2D eigenvalue weighted by Crippen LogP contribution is 2.38. The molecular formula is C21H17FN4O2S. The zero-order valence-corrected chi connectivity index (χ0v) is 16.5. The number of benzene rings is 2. The third-order valence-electron chi connectivity index (χ3n) is 4.55. The molecule has 0 fully saturated rings. The van der Waals surface area contributed by atoms with E-state index in [1.54, 1.807) is 26.4 Å². The minimum absolute atomic E-state index is 0.233. The average Bonchev–Trinajstić information content (AvgIpc) is 2.72. The summed E-state index contributed by atoms with van der Waals surface area (Å²) in [5.41, 5.74) is 9.60. The molecule has 0 saturated heterocycles. The van der Waals surface area contributed by atoms with E-state index in [-0.39, 0.29) is 10.6 Å². The minimum atomic E-state index is -0.320. The Morgan fingerprint density at radius 3 is 2.31 bits per heavy atom. The van der Waals surface area contributed by atoms with Crippen LogP contribution in [0.1, 0.15) is 0 Å². The number of nitrogens with two attached hydrogens (primary N) is 1. The Morgan fingerprint density at radius 2 is 1.62 bits per heavy atom. The lowest BCUT2D eigenvalue weighted by Gasteiger charge is -2.14. The van der Waals surface area contributed by atoms with Crippen LogP contribution in [0.15, 0.2) is 48.5 Å². The van der Waals surface area contributed by atoms with Gasteiger partial charge >= 0.3 is 0 Å². The van der Waals surface area contributed by atoms with Crippen molar-refractivity contribution in [2.75, 3.05) is 20.0 Å². The Kier molecular flexibility index (Phi) is 4.85. The first-order chi connectivity index (χ1) is 14.0. The number of H-pyrrole nitrogens is 1. The van der Waals surface area contributed by atoms with Crippen LogP contribution >= 0.6 is 12.2 Å². The maximum absolute atomic E-state index is 13.4. The molecule has 0 unspecified atom stereocenters. The van der Waals surface area contributed by atoms with Crippen LogP contribution in [0.4, 0.5) is 10.2 Å². The molecule has 3 N–H and O–H groups in total. The summed E-state index contributed by atoms with van der Waals surface area (Å²) in [6, 6.07) is 13.5. The fourth-order valence-electron chi connectivity index (χ4n) is 3.18. The van der Waals surface area contributed by atoms with Gasteiger partial charge in [-0.2, -0.15) is 4.98 Å². The van der Waals surface area contributed by atoms with Gasteiger partial charge in [0.25, 0.3) is 0 Å². The lowest BCUT2D eigenvalue weighted by molar-refractivity contribution is 0.355. The number of fused-ring (bicyclic) bond motifs is 1. The smallest absolute Gasteiger partial charge is 0.200 e. The van der Waals surface area contributed by atoms with E-state index in [1.807, 2.05) is 24.3 Å². The van der Waals surface area contributed by atoms with Crippen LogP contribution in [0.3, 0.4) is 0 Å². The van der Waals surface area contributed by atoms with Gasteiger partial charge in [-0.3, -0.25) is 0 Å². The maximum atomic E-state index is 13.4. The molecule has 2 aromatic heterocycles. The third-order valence-corrected chi connectivity index (χ3v) is 4.75. The minimum Gasteiger partial charge on any atom is -0.493 e. The molecule has 0 spiro atoms. The average molecular weight is 408 g/mol. The van der Waals surface area contributed by atoms with Gasteiger partial charge in [-0.05, 0) is 65.8 Å². The molecule has 0 bridgehead atoms. The molecule has 0 aliphatic heterocycles. The SMILES string of the molecule is COc1ccc(-c2cc(-c3ccc(F)cc3)nc3nc(=S)[nH]c(N)c23)cc1OC. The van der Waals surface area contributed by atoms with Crippen LogP contribution in [0.2, 0.25) is 0 Å². The second kappa shape index (κ2) is 7.48. The van der Waals surface area contributed by atoms with Gasteiger partial charge in [0.05, 0.1) is 25.3 Å². The number of nitrogens with zero attached hydrogens (tertiary/aromatic N) is 2. The van der Waals surface area contributed by atoms with Crippen LogP contribution < -0.4 is 15.2 Å². The van der Waals surface area contributed by atoms with E-state index in [2.05, 4.69) is 15.0 Å². The van der Waals surface area contributed by atoms with Crippen LogP contribution in [0, 0.1) is 10.6 Å². The summed E-state index contributed by atoms with van der Waals surface area (Å²) in [5, 5.41) is 0.636. The van der Waals surface area contributed by atoms with Crippen LogP contribution in [0.5, 0.6) is 11.5 Å². The Morgan fingerprint density at radius 1 is 0.931 bits per heavy atom. The van der Waals surface area contributed by atoms with Gasteiger partial charge in [-0.1, -0.05) is 6.07 Å². The summed E-state index contributed by atoms with van der Waals surface area (Å²) in [6.45, 7) is 0. The molecule has 4 rings (SSSR count). The van der Waals surface area contributed by atoms with Crippen molar-refractivity contribution in [3.05, 3.63) is 59.1 Å². The van der Waals surface area contributed by atoms with Crippen LogP contribution in [-0.2, 0) is 0 Å². The third kappa shape index (κ3) is 3.50. The maximum Gasteiger partial charge on any atom is 0.200 e. The normalized spacial score (nSPS) is 10.9. The fraction of sp³-hybridized carbons (Fsp3) is 0.0952. The van der Waals surface area contributed by atoms with Gasteiger partial charge in [-0.15, -0.1) is 0 Å². The van der Waals surface area contributed by atoms with E-state index in [1.165, 1.54) is 12.1 Å². The monoisotopic (exact) mass is 408 g/mol. The van der Waals surface area contributed by atoms with E-state index >= 15 is 0 Å². The van der Waals surface area contributed by atoms with E-state index in [4.69, 9.17) is 27.4 Å². The molecule has 6 nitrogen and oxygen atoms in total. The molecule has 8 heteroatoms. The molecule has 146 valence electrons. The number of hydrogen-bond donors (Lipinski definition) is 2. The van der Waals surface area contributed by atoms with Crippen molar-refractivity contribution in [1.29, 1.82) is 0 Å². The molecule has 0 aliphatic carbocycles. The molecule has 0 atom stereocenters. The highest BCUT2D eigenvalue weighted by molar-refractivity contribution is 7.71. The zero-order chi connectivity index (χ0) is 20.5. The Hall–Kier alpha value is -3.52. The molecule has 0 aliphatic rings. The van der Waals surface area contributed by atoms with E-state index in [9.17, 15) is 4.39 Å². The van der Waals surface area contributed by atoms with Crippen molar-refractivity contribution in [2.24, 2.45) is 0 Å². The van der Waals surface area contributed by atoms with Gasteiger partial charge in [0.2, 0.25) is 0 Å². The molecule has 0 amide bonds. The van der Waals surface area contributed by atoms with Crippen molar-refractivity contribution in [3.8, 4) is 33.9 Å². The molecule has 29 heavy (non-hydrogen) atoms. The lowest BCUT2D eigenvalue weighted by atomic mass is 9.99. The number of methoxy groups -OCH3 is 2. The second-order valence-electron chi connectivity index (χ2n) is 6.29. The largest absolute Gasteiger partial charge is 0.493 e. The highest BCUT2D eigenvalue weighted by atomic mass is 32.1. The lowest BCUT2D eigenvalue weighted by Crippen LogP contribution is -2.00. The van der Waals surface area contributed by atoms with Crippen LogP contribution in [0.25, 0.3) is 33.4 Å². The standard InChI is InChI=1S/C21H17FN4O2S/c1-27-16-8-5-12(9-17(16)28-2)14-10-15(11-3-6-13(22)7-4-11)24-20-18(14)19(23)25-21(29)26-20/h3-10H,1-2H3,(H3,23,24,25,26,29). The van der Waals surface area contributed by atoms with E-state index in [0.29, 0.717) is 34.0 Å². The van der Waals surface area contributed by atoms with Gasteiger partial charge in [-0.25, -0.2) is 9.37 Å². The topological polar surface area (TPSA) is 86.1 Å². The zero-order valence-electron chi connectivity index (χ0n) is 15.7. The number of aromatic nitrogens is 3. The predicted octanol–water partition coefficient (Wildman–Crippen LogP) is 4.76. The first-order valence-corrected chi connectivity index (χ1v) is 9.10. The van der Waals surface area contributed by atoms with Crippen molar-refractivity contribution < 1.29 is 13.9 Å². The molecule has 0 saturated carbocycles. The van der Waals surface area contributed by atoms with E-state index < -0.39 is 0 Å². The number of pyridine rings is 1. The van der Waals surface area contributed by atoms with Gasteiger partial charge in [0.15, 0.2) is 21.9 Å². The quantitative estimate of drug-likeness (QED) is 0.474. The predicted molar refractivity (Wildman–Crippen MR) is 113 cm³/mol. The number of halogens is 1. The van der Waals surface area contributed by atoms with E-state index in [0.717, 1.165) is 16.7 Å². The number of nitrogens with one attached hydrogen (secondary N) is 1. The Labute approximate surface area is 171 Å². The summed E-state index contributed by atoms with van der Waals surface area (Å²) in [7, 11) is 3.15. The summed E-state index contributed by atoms with van der Waals surface area (Å²) < 4.78 is 24.4. The number of rotatable bonds is 4. The fourth-order valence-corrected chi connectivity index (χ4v) is 3.38. The van der Waals surface area contributed by atoms with Crippen molar-refractivity contribution in [3.63, 3.8) is 0 Å². The first kappa shape index (κ1) is 18.8. The Balaban J connectivity index is 2.03. The number of hydrogen-bond acceptors (Lipinski definition) is 6. The van der Waals surface area contributed by atoms with Crippen molar-refractivity contribution >= 4 is 29.1 Å². The van der Waals surface area contributed by atoms with Gasteiger partial charge in [0.1, 0.15) is 11.6 Å². The van der Waals surface area contributed by atoms with Crippen molar-refractivity contribution in [1.82, 2.24) is 15.0 Å². The molecule has 2 heterocycles. The molecular weight excluding hydrogens is 391 g/mol. The van der Waals surface area contributed by atoms with Gasteiger partial charge in [0, 0.05) is 5.56 Å². The summed E-state index contributed by atoms with van der Waals surface area (Å²) in [4.78, 5) is 11.8. The number of aromatic amines is 1. The highest BCUT2D eigenvalue weighted by Gasteiger charge is 2.15. The first-order valence-electron chi connectivity index (χ1n) is 8.69. The number of nitrogen functional groups attached to an aromatic ring is 1. The Bertz CT molecular complexity index is 1270. The van der Waals surface area contributed by atoms with Crippen molar-refractivity contribution in [2.45, 2.75) is 0 Å². The molecule has 2 aromatic carbocycles. The second-order valence-corrected chi connectivity index (χ2v) is 6.67. The van der Waals surface area contributed by atoms with Crippen LogP contribution in [-0.4, -0.2) is 29.2 Å². The number of anilines is 1. The summed E-state index contributed by atoms with van der Waals surface area (Å²) >= 11 is 5.16.